The summed E-state index contributed by atoms with van der Waals surface area (Å²) in [5.74, 6) is -0.832. The van der Waals surface area contributed by atoms with E-state index in [9.17, 15) is 9.59 Å². The first-order valence-electron chi connectivity index (χ1n) is 7.52. The Bertz CT molecular complexity index is 619. The van der Waals surface area contributed by atoms with E-state index < -0.39 is 17.9 Å². The van der Waals surface area contributed by atoms with Crippen molar-refractivity contribution in [1.29, 1.82) is 0 Å². The van der Waals surface area contributed by atoms with Crippen molar-refractivity contribution in [1.82, 2.24) is 10.9 Å². The number of rotatable bonds is 3. The van der Waals surface area contributed by atoms with E-state index >= 15 is 0 Å². The summed E-state index contributed by atoms with van der Waals surface area (Å²) in [6.07, 6.45) is 2.43. The van der Waals surface area contributed by atoms with E-state index in [4.69, 9.17) is 9.47 Å². The summed E-state index contributed by atoms with van der Waals surface area (Å²) in [7, 11) is 0. The van der Waals surface area contributed by atoms with Gasteiger partial charge in [-0.05, 0) is 49.1 Å². The number of amides is 2. The Morgan fingerprint density at radius 2 is 1.83 bits per heavy atom. The van der Waals surface area contributed by atoms with Crippen LogP contribution in [0.5, 0.6) is 0 Å². The van der Waals surface area contributed by atoms with Gasteiger partial charge in [-0.3, -0.25) is 20.4 Å². The SMILES string of the molecule is Cc1cc(C)c(/C=C/C(=O)NNC(=O)C2COCCO2)cc1C. The molecule has 0 bridgehead atoms. The van der Waals surface area contributed by atoms with Crippen LogP contribution in [0.15, 0.2) is 18.2 Å². The second kappa shape index (κ2) is 7.89. The number of aryl methyl sites for hydroxylation is 3. The van der Waals surface area contributed by atoms with E-state index in [1.54, 1.807) is 6.08 Å². The van der Waals surface area contributed by atoms with E-state index in [2.05, 4.69) is 23.8 Å². The van der Waals surface area contributed by atoms with Crippen LogP contribution in [0.3, 0.4) is 0 Å². The van der Waals surface area contributed by atoms with E-state index in [1.807, 2.05) is 19.9 Å². The van der Waals surface area contributed by atoms with Crippen molar-refractivity contribution in [3.63, 3.8) is 0 Å². The molecule has 1 heterocycles. The fourth-order valence-corrected chi connectivity index (χ4v) is 2.21. The van der Waals surface area contributed by atoms with Crippen LogP contribution >= 0.6 is 0 Å². The minimum atomic E-state index is -0.685. The number of benzene rings is 1. The van der Waals surface area contributed by atoms with Gasteiger partial charge >= 0.3 is 0 Å². The summed E-state index contributed by atoms with van der Waals surface area (Å²) in [5.41, 5.74) is 9.11. The van der Waals surface area contributed by atoms with E-state index in [1.165, 1.54) is 17.2 Å². The molecule has 2 amide bonds. The van der Waals surface area contributed by atoms with Gasteiger partial charge in [-0.15, -0.1) is 0 Å². The van der Waals surface area contributed by atoms with Gasteiger partial charge in [0.1, 0.15) is 0 Å². The third-order valence-electron chi connectivity index (χ3n) is 3.71. The molecule has 1 aromatic rings. The molecule has 23 heavy (non-hydrogen) atoms. The smallest absolute Gasteiger partial charge is 0.269 e. The quantitative estimate of drug-likeness (QED) is 0.648. The van der Waals surface area contributed by atoms with Crippen LogP contribution in [-0.4, -0.2) is 37.7 Å². The second-order valence-corrected chi connectivity index (χ2v) is 5.54. The zero-order chi connectivity index (χ0) is 16.8. The number of carbonyl (C=O) groups excluding carboxylic acids is 2. The lowest BCUT2D eigenvalue weighted by Gasteiger charge is -2.21. The van der Waals surface area contributed by atoms with E-state index in [-0.39, 0.29) is 6.61 Å². The monoisotopic (exact) mass is 318 g/mol. The maximum atomic E-state index is 11.8. The fourth-order valence-electron chi connectivity index (χ4n) is 2.21. The zero-order valence-electron chi connectivity index (χ0n) is 13.6. The first-order valence-corrected chi connectivity index (χ1v) is 7.52. The molecular weight excluding hydrogens is 296 g/mol. The fraction of sp³-hybridized carbons (Fsp3) is 0.412. The summed E-state index contributed by atoms with van der Waals surface area (Å²) in [5, 5.41) is 0. The standard InChI is InChI=1S/C17H22N2O4/c1-11-8-13(3)14(9-12(11)2)4-5-16(20)18-19-17(21)15-10-22-6-7-23-15/h4-5,8-9,15H,6-7,10H2,1-3H3,(H,18,20)(H,19,21)/b5-4+. The summed E-state index contributed by atoms with van der Waals surface area (Å²) in [6.45, 7) is 7.12. The van der Waals surface area contributed by atoms with Crippen molar-refractivity contribution in [2.45, 2.75) is 26.9 Å². The minimum absolute atomic E-state index is 0.194. The van der Waals surface area contributed by atoms with Gasteiger partial charge in [-0.2, -0.15) is 0 Å². The van der Waals surface area contributed by atoms with Crippen LogP contribution in [0.4, 0.5) is 0 Å². The number of ether oxygens (including phenoxy) is 2. The van der Waals surface area contributed by atoms with Crippen LogP contribution in [0.1, 0.15) is 22.3 Å². The Kier molecular flexibility index (Phi) is 5.90. The van der Waals surface area contributed by atoms with Crippen molar-refractivity contribution in [2.75, 3.05) is 19.8 Å². The molecule has 6 heteroatoms. The maximum absolute atomic E-state index is 11.8. The van der Waals surface area contributed by atoms with Gasteiger partial charge in [0.05, 0.1) is 19.8 Å². The molecule has 0 aliphatic carbocycles. The van der Waals surface area contributed by atoms with Crippen molar-refractivity contribution >= 4 is 17.9 Å². The average molecular weight is 318 g/mol. The predicted molar refractivity (Wildman–Crippen MR) is 86.5 cm³/mol. The normalized spacial score (nSPS) is 18.0. The molecule has 0 radical (unpaired) electrons. The van der Waals surface area contributed by atoms with Crippen LogP contribution in [0.2, 0.25) is 0 Å². The van der Waals surface area contributed by atoms with Gasteiger partial charge in [-0.1, -0.05) is 12.1 Å². The first-order chi connectivity index (χ1) is 11.0. The van der Waals surface area contributed by atoms with Crippen molar-refractivity contribution < 1.29 is 19.1 Å². The molecule has 0 aromatic heterocycles. The predicted octanol–water partition coefficient (Wildman–Crippen LogP) is 1.19. The molecule has 1 unspecified atom stereocenters. The summed E-state index contributed by atoms with van der Waals surface area (Å²) >= 11 is 0. The molecule has 2 rings (SSSR count). The van der Waals surface area contributed by atoms with Gasteiger partial charge in [0.2, 0.25) is 0 Å². The van der Waals surface area contributed by atoms with Crippen LogP contribution in [0.25, 0.3) is 6.08 Å². The van der Waals surface area contributed by atoms with Gasteiger partial charge < -0.3 is 9.47 Å². The Morgan fingerprint density at radius 1 is 1.09 bits per heavy atom. The largest absolute Gasteiger partial charge is 0.376 e. The molecule has 2 N–H and O–H groups in total. The van der Waals surface area contributed by atoms with Crippen LogP contribution < -0.4 is 10.9 Å². The van der Waals surface area contributed by atoms with Gasteiger partial charge in [-0.25, -0.2) is 0 Å². The Morgan fingerprint density at radius 3 is 2.52 bits per heavy atom. The third-order valence-corrected chi connectivity index (χ3v) is 3.71. The average Bonchev–Trinajstić information content (AvgIpc) is 2.55. The molecule has 1 saturated heterocycles. The van der Waals surface area contributed by atoms with E-state index in [0.29, 0.717) is 13.2 Å². The molecule has 1 atom stereocenters. The van der Waals surface area contributed by atoms with Gasteiger partial charge in [0.15, 0.2) is 6.10 Å². The van der Waals surface area contributed by atoms with Gasteiger partial charge in [0, 0.05) is 6.08 Å². The first kappa shape index (κ1) is 17.2. The second-order valence-electron chi connectivity index (χ2n) is 5.54. The molecule has 1 aliphatic rings. The lowest BCUT2D eigenvalue weighted by Crippen LogP contribution is -2.49. The molecule has 1 fully saturated rings. The van der Waals surface area contributed by atoms with Crippen LogP contribution in [0, 0.1) is 20.8 Å². The van der Waals surface area contributed by atoms with Crippen molar-refractivity contribution in [2.24, 2.45) is 0 Å². The molecule has 6 nitrogen and oxygen atoms in total. The third kappa shape index (κ3) is 4.91. The highest BCUT2D eigenvalue weighted by Crippen LogP contribution is 2.16. The topological polar surface area (TPSA) is 76.7 Å². The molecule has 0 saturated carbocycles. The van der Waals surface area contributed by atoms with Crippen LogP contribution in [-0.2, 0) is 19.1 Å². The number of hydrazine groups is 1. The molecule has 0 spiro atoms. The maximum Gasteiger partial charge on any atom is 0.269 e. The summed E-state index contributed by atoms with van der Waals surface area (Å²) in [6, 6.07) is 4.11. The summed E-state index contributed by atoms with van der Waals surface area (Å²) < 4.78 is 10.4. The Balaban J connectivity index is 1.87. The number of hydrogen-bond donors (Lipinski definition) is 2. The van der Waals surface area contributed by atoms with Gasteiger partial charge in [0.25, 0.3) is 11.8 Å². The molecule has 1 aromatic carbocycles. The molecule has 1 aliphatic heterocycles. The lowest BCUT2D eigenvalue weighted by atomic mass is 10.0. The number of carbonyl (C=O) groups is 2. The Hall–Kier alpha value is -2.18. The Labute approximate surface area is 135 Å². The highest BCUT2D eigenvalue weighted by atomic mass is 16.6. The highest BCUT2D eigenvalue weighted by molar-refractivity contribution is 5.93. The summed E-state index contributed by atoms with van der Waals surface area (Å²) in [4.78, 5) is 23.5. The lowest BCUT2D eigenvalue weighted by molar-refractivity contribution is -0.149. The minimum Gasteiger partial charge on any atom is -0.376 e. The van der Waals surface area contributed by atoms with Crippen molar-refractivity contribution in [3.05, 3.63) is 40.5 Å². The molecule has 124 valence electrons. The number of nitrogens with one attached hydrogen (secondary N) is 2. The van der Waals surface area contributed by atoms with E-state index in [0.717, 1.165) is 11.1 Å². The highest BCUT2D eigenvalue weighted by Gasteiger charge is 2.22. The number of hydrogen-bond acceptors (Lipinski definition) is 4. The zero-order valence-corrected chi connectivity index (χ0v) is 13.6. The van der Waals surface area contributed by atoms with Crippen molar-refractivity contribution in [3.8, 4) is 0 Å². The molecular formula is C17H22N2O4.